The Morgan fingerprint density at radius 3 is 2.39 bits per heavy atom. The second-order valence-electron chi connectivity index (χ2n) is 5.22. The first-order valence-electron chi connectivity index (χ1n) is 6.71. The fraction of sp³-hybridized carbons (Fsp3) is 0.600. The minimum atomic E-state index is -2.83. The fourth-order valence-electron chi connectivity index (χ4n) is 2.73. The van der Waals surface area contributed by atoms with E-state index in [9.17, 15) is 13.9 Å². The van der Waals surface area contributed by atoms with E-state index < -0.39 is 12.0 Å². The normalized spacial score (nSPS) is 19.1. The molecule has 100 valence electrons. The first-order valence-corrected chi connectivity index (χ1v) is 6.71. The van der Waals surface area contributed by atoms with Gasteiger partial charge in [0.25, 0.3) is 5.92 Å². The molecule has 3 heteroatoms. The molecule has 0 bridgehead atoms. The molecule has 0 spiro atoms. The Morgan fingerprint density at radius 1 is 1.17 bits per heavy atom. The van der Waals surface area contributed by atoms with Crippen molar-refractivity contribution >= 4 is 0 Å². The molecule has 1 N–H and O–H groups in total. The Hall–Kier alpha value is -0.960. The van der Waals surface area contributed by atoms with Crippen LogP contribution in [0.4, 0.5) is 8.78 Å². The number of rotatable bonds is 5. The third-order valence-electron chi connectivity index (χ3n) is 3.89. The van der Waals surface area contributed by atoms with Crippen LogP contribution in [0.2, 0.25) is 0 Å². The van der Waals surface area contributed by atoms with Crippen molar-refractivity contribution in [2.45, 2.75) is 50.6 Å². The minimum Gasteiger partial charge on any atom is -0.393 e. The van der Waals surface area contributed by atoms with Gasteiger partial charge in [-0.3, -0.25) is 0 Å². The van der Waals surface area contributed by atoms with Crippen LogP contribution in [-0.2, 0) is 5.92 Å². The van der Waals surface area contributed by atoms with E-state index in [0.717, 1.165) is 25.7 Å². The van der Waals surface area contributed by atoms with Gasteiger partial charge in [0, 0.05) is 12.0 Å². The zero-order valence-electron chi connectivity index (χ0n) is 10.5. The fourth-order valence-corrected chi connectivity index (χ4v) is 2.73. The van der Waals surface area contributed by atoms with E-state index in [4.69, 9.17) is 0 Å². The van der Waals surface area contributed by atoms with E-state index in [2.05, 4.69) is 0 Å². The predicted molar refractivity (Wildman–Crippen MR) is 67.5 cm³/mol. The summed E-state index contributed by atoms with van der Waals surface area (Å²) in [5, 5.41) is 9.93. The number of aliphatic hydroxyl groups is 1. The Labute approximate surface area is 107 Å². The molecular formula is C15H20F2O. The van der Waals surface area contributed by atoms with Crippen molar-refractivity contribution < 1.29 is 13.9 Å². The number of alkyl halides is 2. The zero-order chi connectivity index (χ0) is 13.0. The maximum Gasteiger partial charge on any atom is 0.273 e. The summed E-state index contributed by atoms with van der Waals surface area (Å²) in [5.41, 5.74) is 0.0450. The zero-order valence-corrected chi connectivity index (χ0v) is 10.5. The summed E-state index contributed by atoms with van der Waals surface area (Å²) in [4.78, 5) is 0. The van der Waals surface area contributed by atoms with Crippen molar-refractivity contribution in [1.29, 1.82) is 0 Å². The van der Waals surface area contributed by atoms with Gasteiger partial charge in [-0.05, 0) is 25.2 Å². The van der Waals surface area contributed by atoms with Crippen molar-refractivity contribution in [2.24, 2.45) is 5.92 Å². The molecule has 0 aromatic heterocycles. The third-order valence-corrected chi connectivity index (χ3v) is 3.89. The van der Waals surface area contributed by atoms with Crippen LogP contribution < -0.4 is 0 Å². The Kier molecular flexibility index (Phi) is 4.33. The number of hydrogen-bond donors (Lipinski definition) is 1. The quantitative estimate of drug-likeness (QED) is 0.838. The standard InChI is InChI=1S/C15H20F2O/c16-15(17,13-8-2-1-3-9-13)11-10-14(18)12-6-4-5-7-12/h1-3,8-9,12,14,18H,4-7,10-11H2. The molecule has 0 radical (unpaired) electrons. The van der Waals surface area contributed by atoms with Crippen molar-refractivity contribution in [3.63, 3.8) is 0 Å². The molecule has 0 saturated heterocycles. The lowest BCUT2D eigenvalue weighted by molar-refractivity contribution is -0.0317. The molecule has 2 rings (SSSR count). The highest BCUT2D eigenvalue weighted by molar-refractivity contribution is 5.19. The lowest BCUT2D eigenvalue weighted by atomic mass is 9.94. The first kappa shape index (κ1) is 13.5. The average molecular weight is 254 g/mol. The predicted octanol–water partition coefficient (Wildman–Crippen LogP) is 4.11. The summed E-state index contributed by atoms with van der Waals surface area (Å²) >= 11 is 0. The van der Waals surface area contributed by atoms with E-state index >= 15 is 0 Å². The number of aliphatic hydroxyl groups excluding tert-OH is 1. The van der Waals surface area contributed by atoms with Crippen LogP contribution in [0.25, 0.3) is 0 Å². The molecule has 1 aliphatic carbocycles. The summed E-state index contributed by atoms with van der Waals surface area (Å²) in [7, 11) is 0. The second-order valence-corrected chi connectivity index (χ2v) is 5.22. The van der Waals surface area contributed by atoms with E-state index in [1.54, 1.807) is 18.2 Å². The molecule has 0 aliphatic heterocycles. The van der Waals surface area contributed by atoms with Crippen LogP contribution in [0, 0.1) is 5.92 Å². The van der Waals surface area contributed by atoms with Gasteiger partial charge < -0.3 is 5.11 Å². The maximum atomic E-state index is 13.9. The van der Waals surface area contributed by atoms with E-state index in [-0.39, 0.29) is 24.3 Å². The Balaban J connectivity index is 1.88. The first-order chi connectivity index (χ1) is 8.59. The highest BCUT2D eigenvalue weighted by atomic mass is 19.3. The number of benzene rings is 1. The third kappa shape index (κ3) is 3.29. The highest BCUT2D eigenvalue weighted by Gasteiger charge is 2.33. The van der Waals surface area contributed by atoms with Gasteiger partial charge in [0.15, 0.2) is 0 Å². The van der Waals surface area contributed by atoms with Gasteiger partial charge >= 0.3 is 0 Å². The van der Waals surface area contributed by atoms with Gasteiger partial charge in [-0.25, -0.2) is 8.78 Å². The van der Waals surface area contributed by atoms with Crippen LogP contribution in [0.3, 0.4) is 0 Å². The number of halogens is 2. The van der Waals surface area contributed by atoms with Gasteiger partial charge in [-0.15, -0.1) is 0 Å². The van der Waals surface area contributed by atoms with Crippen molar-refractivity contribution in [2.75, 3.05) is 0 Å². The van der Waals surface area contributed by atoms with E-state index in [0.29, 0.717) is 0 Å². The van der Waals surface area contributed by atoms with E-state index in [1.807, 2.05) is 0 Å². The largest absolute Gasteiger partial charge is 0.393 e. The van der Waals surface area contributed by atoms with Crippen LogP contribution in [0.5, 0.6) is 0 Å². The van der Waals surface area contributed by atoms with Crippen molar-refractivity contribution in [3.05, 3.63) is 35.9 Å². The van der Waals surface area contributed by atoms with Gasteiger partial charge in [0.05, 0.1) is 6.10 Å². The van der Waals surface area contributed by atoms with Gasteiger partial charge in [-0.2, -0.15) is 0 Å². The Bertz CT molecular complexity index is 358. The molecule has 1 aromatic carbocycles. The molecule has 1 nitrogen and oxygen atoms in total. The molecular weight excluding hydrogens is 234 g/mol. The monoisotopic (exact) mass is 254 g/mol. The van der Waals surface area contributed by atoms with E-state index in [1.165, 1.54) is 12.1 Å². The second kappa shape index (κ2) is 5.79. The summed E-state index contributed by atoms with van der Waals surface area (Å²) in [6.45, 7) is 0. The summed E-state index contributed by atoms with van der Waals surface area (Å²) < 4.78 is 27.8. The minimum absolute atomic E-state index is 0.0450. The Morgan fingerprint density at radius 2 is 1.78 bits per heavy atom. The molecule has 0 heterocycles. The van der Waals surface area contributed by atoms with Gasteiger partial charge in [-0.1, -0.05) is 43.2 Å². The molecule has 1 aromatic rings. The summed E-state index contributed by atoms with van der Waals surface area (Å²) in [6.07, 6.45) is 3.56. The number of hydrogen-bond acceptors (Lipinski definition) is 1. The molecule has 1 atom stereocenters. The van der Waals surface area contributed by atoms with Crippen molar-refractivity contribution in [3.8, 4) is 0 Å². The topological polar surface area (TPSA) is 20.2 Å². The lowest BCUT2D eigenvalue weighted by Crippen LogP contribution is -2.22. The van der Waals surface area contributed by atoms with Crippen LogP contribution >= 0.6 is 0 Å². The highest BCUT2D eigenvalue weighted by Crippen LogP contribution is 2.36. The molecule has 18 heavy (non-hydrogen) atoms. The maximum absolute atomic E-state index is 13.9. The molecule has 1 fully saturated rings. The van der Waals surface area contributed by atoms with Gasteiger partial charge in [0.1, 0.15) is 0 Å². The smallest absolute Gasteiger partial charge is 0.273 e. The molecule has 1 unspecified atom stereocenters. The van der Waals surface area contributed by atoms with Gasteiger partial charge in [0.2, 0.25) is 0 Å². The van der Waals surface area contributed by atoms with Crippen LogP contribution in [-0.4, -0.2) is 11.2 Å². The van der Waals surface area contributed by atoms with Crippen molar-refractivity contribution in [1.82, 2.24) is 0 Å². The average Bonchev–Trinajstić information content (AvgIpc) is 2.91. The summed E-state index contributed by atoms with van der Waals surface area (Å²) in [5.74, 6) is -2.60. The molecule has 0 amide bonds. The summed E-state index contributed by atoms with van der Waals surface area (Å²) in [6, 6.07) is 7.87. The SMILES string of the molecule is OC(CCC(F)(F)c1ccccc1)C1CCCC1. The van der Waals surface area contributed by atoms with Crippen LogP contribution in [0.1, 0.15) is 44.1 Å². The van der Waals surface area contributed by atoms with Crippen LogP contribution in [0.15, 0.2) is 30.3 Å². The molecule has 1 saturated carbocycles. The molecule has 1 aliphatic rings. The lowest BCUT2D eigenvalue weighted by Gasteiger charge is -2.21.